The van der Waals surface area contributed by atoms with Crippen LogP contribution in [0.1, 0.15) is 59.6 Å². The Morgan fingerprint density at radius 2 is 2.00 bits per heavy atom. The highest BCUT2D eigenvalue weighted by Gasteiger charge is 2.26. The molecule has 0 aliphatic heterocycles. The highest BCUT2D eigenvalue weighted by molar-refractivity contribution is 6.15. The zero-order valence-electron chi connectivity index (χ0n) is 17.0. The van der Waals surface area contributed by atoms with Crippen LogP contribution in [0, 0.1) is 5.41 Å². The summed E-state index contributed by atoms with van der Waals surface area (Å²) >= 11 is 0. The van der Waals surface area contributed by atoms with Crippen molar-refractivity contribution < 1.29 is 14.3 Å². The predicted octanol–water partition coefficient (Wildman–Crippen LogP) is 6.72. The van der Waals surface area contributed by atoms with Gasteiger partial charge in [0.25, 0.3) is 0 Å². The lowest BCUT2D eigenvalue weighted by molar-refractivity contribution is -0.130. The summed E-state index contributed by atoms with van der Waals surface area (Å²) in [5.74, 6) is -0.623. The third kappa shape index (κ3) is 5.46. The van der Waals surface area contributed by atoms with Gasteiger partial charge in [0.05, 0.1) is 6.26 Å². The van der Waals surface area contributed by atoms with Crippen molar-refractivity contribution in [3.63, 3.8) is 0 Å². The van der Waals surface area contributed by atoms with Crippen LogP contribution in [0.15, 0.2) is 75.5 Å². The number of aliphatic carboxylic acids is 1. The minimum Gasteiger partial charge on any atom is -0.478 e. The van der Waals surface area contributed by atoms with E-state index in [9.17, 15) is 9.90 Å². The van der Waals surface area contributed by atoms with Crippen molar-refractivity contribution >= 4 is 11.5 Å². The highest BCUT2D eigenvalue weighted by Crippen LogP contribution is 2.40. The van der Waals surface area contributed by atoms with Crippen molar-refractivity contribution in [2.75, 3.05) is 0 Å². The molecule has 0 bridgehead atoms. The normalized spacial score (nSPS) is 19.1. The van der Waals surface area contributed by atoms with Gasteiger partial charge >= 0.3 is 5.97 Å². The Bertz CT molecular complexity index is 825. The van der Waals surface area contributed by atoms with Gasteiger partial charge in [0.1, 0.15) is 11.3 Å². The van der Waals surface area contributed by atoms with Crippen LogP contribution in [-0.2, 0) is 4.79 Å². The van der Waals surface area contributed by atoms with Crippen molar-refractivity contribution in [3.8, 4) is 0 Å². The average molecular weight is 367 g/mol. The number of hydrogen-bond donors (Lipinski definition) is 1. The summed E-state index contributed by atoms with van der Waals surface area (Å²) in [5.41, 5.74) is 5.10. The molecule has 0 saturated heterocycles. The van der Waals surface area contributed by atoms with E-state index in [1.807, 2.05) is 12.2 Å². The molecule has 0 fully saturated rings. The van der Waals surface area contributed by atoms with Crippen molar-refractivity contribution in [1.82, 2.24) is 0 Å². The summed E-state index contributed by atoms with van der Waals surface area (Å²) in [6.07, 6.45) is 15.2. The fourth-order valence-corrected chi connectivity index (χ4v) is 3.60. The van der Waals surface area contributed by atoms with Crippen LogP contribution in [0.3, 0.4) is 0 Å². The van der Waals surface area contributed by atoms with E-state index in [0.29, 0.717) is 11.3 Å². The molecule has 0 radical (unpaired) electrons. The van der Waals surface area contributed by atoms with Crippen molar-refractivity contribution in [2.45, 2.75) is 53.9 Å². The Labute approximate surface area is 162 Å². The van der Waals surface area contributed by atoms with Crippen molar-refractivity contribution in [3.05, 3.63) is 76.8 Å². The maximum Gasteiger partial charge on any atom is 0.339 e. The Morgan fingerprint density at radius 3 is 2.59 bits per heavy atom. The Kier molecular flexibility index (Phi) is 6.84. The molecule has 1 heterocycles. The molecule has 0 amide bonds. The molecule has 1 aromatic rings. The minimum absolute atomic E-state index is 0.183. The molecular formula is C24H30O3. The van der Waals surface area contributed by atoms with Gasteiger partial charge in [-0.3, -0.25) is 0 Å². The van der Waals surface area contributed by atoms with E-state index in [-0.39, 0.29) is 11.0 Å². The second kappa shape index (κ2) is 8.90. The molecule has 1 aliphatic rings. The average Bonchev–Trinajstić information content (AvgIpc) is 3.07. The quantitative estimate of drug-likeness (QED) is 0.449. The molecule has 0 aromatic carbocycles. The van der Waals surface area contributed by atoms with E-state index in [2.05, 4.69) is 39.8 Å². The first-order valence-corrected chi connectivity index (χ1v) is 9.43. The third-order valence-corrected chi connectivity index (χ3v) is 5.14. The first-order valence-electron chi connectivity index (χ1n) is 9.43. The third-order valence-electron chi connectivity index (χ3n) is 5.14. The van der Waals surface area contributed by atoms with Gasteiger partial charge < -0.3 is 9.52 Å². The molecule has 0 unspecified atom stereocenters. The number of carbonyl (C=O) groups is 1. The van der Waals surface area contributed by atoms with Crippen LogP contribution >= 0.6 is 0 Å². The van der Waals surface area contributed by atoms with E-state index in [1.54, 1.807) is 25.1 Å². The molecule has 27 heavy (non-hydrogen) atoms. The molecule has 0 spiro atoms. The molecule has 0 atom stereocenters. The van der Waals surface area contributed by atoms with Gasteiger partial charge in [-0.05, 0) is 68.7 Å². The van der Waals surface area contributed by atoms with E-state index < -0.39 is 5.97 Å². The Hall–Kier alpha value is -2.55. The molecule has 144 valence electrons. The maximum absolute atomic E-state index is 11.5. The van der Waals surface area contributed by atoms with Gasteiger partial charge in [-0.15, -0.1) is 0 Å². The lowest BCUT2D eigenvalue weighted by Gasteiger charge is -2.32. The topological polar surface area (TPSA) is 50.4 Å². The summed E-state index contributed by atoms with van der Waals surface area (Å²) in [6, 6.07) is 3.35. The number of carboxylic acids is 1. The van der Waals surface area contributed by atoms with Crippen LogP contribution in [-0.4, -0.2) is 11.1 Å². The number of carboxylic acid groups (broad SMARTS) is 1. The second-order valence-corrected chi connectivity index (χ2v) is 7.88. The molecule has 1 N–H and O–H groups in total. The summed E-state index contributed by atoms with van der Waals surface area (Å²) in [6.45, 7) is 10.7. The molecule has 3 heteroatoms. The zero-order chi connectivity index (χ0) is 20.0. The molecule has 0 saturated carbocycles. The summed E-state index contributed by atoms with van der Waals surface area (Å²) in [7, 11) is 0. The van der Waals surface area contributed by atoms with Gasteiger partial charge in [0.15, 0.2) is 0 Å². The Morgan fingerprint density at radius 1 is 1.26 bits per heavy atom. The minimum atomic E-state index is -0.991. The number of rotatable bonds is 6. The SMILES string of the molecule is CC(C=CC1=C(C)CCCC1(C)C)=CC=CC(C)=C(C(=O)O)c1ccco1. The first kappa shape index (κ1) is 20.8. The zero-order valence-corrected chi connectivity index (χ0v) is 17.0. The standard InChI is InChI=1S/C24H30O3/c1-17(13-14-20-18(2)11-7-15-24(20,4)5)9-6-10-19(3)22(23(25)26)21-12-8-16-27-21/h6,8-10,12-14,16H,7,11,15H2,1-5H3,(H,25,26). The molecular weight excluding hydrogens is 336 g/mol. The number of hydrogen-bond acceptors (Lipinski definition) is 2. The lowest BCUT2D eigenvalue weighted by Crippen LogP contribution is -2.19. The maximum atomic E-state index is 11.5. The molecule has 1 aliphatic carbocycles. The van der Waals surface area contributed by atoms with Crippen molar-refractivity contribution in [2.24, 2.45) is 5.41 Å². The van der Waals surface area contributed by atoms with Crippen LogP contribution in [0.5, 0.6) is 0 Å². The fraction of sp³-hybridized carbons (Fsp3) is 0.375. The number of furan rings is 1. The smallest absolute Gasteiger partial charge is 0.339 e. The van der Waals surface area contributed by atoms with Gasteiger partial charge in [0, 0.05) is 0 Å². The monoisotopic (exact) mass is 366 g/mol. The van der Waals surface area contributed by atoms with Crippen LogP contribution in [0.4, 0.5) is 0 Å². The van der Waals surface area contributed by atoms with Crippen LogP contribution < -0.4 is 0 Å². The Balaban J connectivity index is 2.17. The van der Waals surface area contributed by atoms with Crippen LogP contribution in [0.25, 0.3) is 5.57 Å². The molecule has 1 aromatic heterocycles. The van der Waals surface area contributed by atoms with E-state index in [0.717, 1.165) is 5.57 Å². The number of allylic oxidation sites excluding steroid dienone is 9. The van der Waals surface area contributed by atoms with E-state index in [4.69, 9.17) is 4.42 Å². The van der Waals surface area contributed by atoms with Crippen molar-refractivity contribution in [1.29, 1.82) is 0 Å². The highest BCUT2D eigenvalue weighted by atomic mass is 16.4. The largest absolute Gasteiger partial charge is 0.478 e. The van der Waals surface area contributed by atoms with Gasteiger partial charge in [-0.25, -0.2) is 4.79 Å². The second-order valence-electron chi connectivity index (χ2n) is 7.88. The summed E-state index contributed by atoms with van der Waals surface area (Å²) in [5, 5.41) is 9.44. The molecule has 3 nitrogen and oxygen atoms in total. The summed E-state index contributed by atoms with van der Waals surface area (Å²) in [4.78, 5) is 11.5. The van der Waals surface area contributed by atoms with E-state index in [1.165, 1.54) is 36.7 Å². The fourth-order valence-electron chi connectivity index (χ4n) is 3.60. The molecule has 2 rings (SSSR count). The van der Waals surface area contributed by atoms with Gasteiger partial charge in [0.2, 0.25) is 0 Å². The first-order chi connectivity index (χ1) is 12.7. The predicted molar refractivity (Wildman–Crippen MR) is 111 cm³/mol. The van der Waals surface area contributed by atoms with Crippen LogP contribution in [0.2, 0.25) is 0 Å². The van der Waals surface area contributed by atoms with Gasteiger partial charge in [-0.2, -0.15) is 0 Å². The van der Waals surface area contributed by atoms with Gasteiger partial charge in [-0.1, -0.05) is 55.4 Å². The van der Waals surface area contributed by atoms with E-state index >= 15 is 0 Å². The summed E-state index contributed by atoms with van der Waals surface area (Å²) < 4.78 is 5.24. The lowest BCUT2D eigenvalue weighted by atomic mass is 9.72.